The molecule has 2 N–H and O–H groups in total. The molecule has 29 heavy (non-hydrogen) atoms. The van der Waals surface area contributed by atoms with E-state index >= 15 is 0 Å². The van der Waals surface area contributed by atoms with Crippen LogP contribution in [0.2, 0.25) is 0 Å². The normalized spacial score (nSPS) is 20.8. The van der Waals surface area contributed by atoms with Gasteiger partial charge >= 0.3 is 0 Å². The van der Waals surface area contributed by atoms with Crippen LogP contribution < -0.4 is 10.6 Å². The highest BCUT2D eigenvalue weighted by Crippen LogP contribution is 2.38. The number of nitrogens with zero attached hydrogens (tertiary/aromatic N) is 2. The summed E-state index contributed by atoms with van der Waals surface area (Å²) >= 11 is 1.65. The van der Waals surface area contributed by atoms with Crippen LogP contribution in [0.15, 0.2) is 54.7 Å². The van der Waals surface area contributed by atoms with Crippen LogP contribution in [0.4, 0.5) is 10.9 Å². The van der Waals surface area contributed by atoms with Gasteiger partial charge in [0.25, 0.3) is 0 Å². The zero-order valence-corrected chi connectivity index (χ0v) is 17.3. The van der Waals surface area contributed by atoms with Gasteiger partial charge < -0.3 is 15.4 Å². The summed E-state index contributed by atoms with van der Waals surface area (Å²) < 4.78 is 6.25. The van der Waals surface area contributed by atoms with Crippen molar-refractivity contribution in [2.24, 2.45) is 5.92 Å². The predicted octanol–water partition coefficient (Wildman–Crippen LogP) is 4.65. The minimum Gasteiger partial charge on any atom is -0.375 e. The number of piperidine rings is 1. The molecule has 2 aliphatic heterocycles. The number of hydrogen-bond donors (Lipinski definition) is 2. The van der Waals surface area contributed by atoms with Crippen LogP contribution in [0.25, 0.3) is 10.4 Å². The fraction of sp³-hybridized carbons (Fsp3) is 0.391. The summed E-state index contributed by atoms with van der Waals surface area (Å²) in [6, 6.07) is 16.5. The maximum atomic E-state index is 6.25. The second-order valence-electron chi connectivity index (χ2n) is 8.05. The summed E-state index contributed by atoms with van der Waals surface area (Å²) in [5, 5.41) is 7.68. The number of anilines is 2. The van der Waals surface area contributed by atoms with Gasteiger partial charge in [-0.1, -0.05) is 47.7 Å². The molecule has 0 radical (unpaired) electrons. The monoisotopic (exact) mass is 406 g/mol. The molecule has 5 rings (SSSR count). The molecule has 0 bridgehead atoms. The van der Waals surface area contributed by atoms with Crippen LogP contribution in [0.1, 0.15) is 25.0 Å². The number of benzene rings is 1. The van der Waals surface area contributed by atoms with Gasteiger partial charge in [-0.15, -0.1) is 0 Å². The average Bonchev–Trinajstić information content (AvgIpc) is 3.37. The number of aromatic nitrogens is 2. The fourth-order valence-corrected chi connectivity index (χ4v) is 5.27. The Labute approximate surface area is 175 Å². The van der Waals surface area contributed by atoms with E-state index in [2.05, 4.69) is 39.9 Å². The SMILES string of the molecule is c1ccc(-c2cnc(Nc3cccc(C[C@@H]4COC5(CCNCC5)C4)n3)s2)cc1. The highest BCUT2D eigenvalue weighted by atomic mass is 32.1. The first-order valence-corrected chi connectivity index (χ1v) is 11.2. The van der Waals surface area contributed by atoms with Crippen molar-refractivity contribution >= 4 is 22.3 Å². The molecule has 2 aromatic heterocycles. The van der Waals surface area contributed by atoms with Crippen LogP contribution in [0.3, 0.4) is 0 Å². The lowest BCUT2D eigenvalue weighted by Crippen LogP contribution is -2.41. The molecule has 2 fully saturated rings. The van der Waals surface area contributed by atoms with Gasteiger partial charge in [-0.05, 0) is 62.4 Å². The number of thiazole rings is 1. The van der Waals surface area contributed by atoms with Crippen LogP contribution >= 0.6 is 11.3 Å². The quantitative estimate of drug-likeness (QED) is 0.646. The van der Waals surface area contributed by atoms with E-state index in [4.69, 9.17) is 9.72 Å². The van der Waals surface area contributed by atoms with Gasteiger partial charge in [0.15, 0.2) is 5.13 Å². The van der Waals surface area contributed by atoms with Gasteiger partial charge in [-0.2, -0.15) is 0 Å². The van der Waals surface area contributed by atoms with Crippen LogP contribution in [0.5, 0.6) is 0 Å². The highest BCUT2D eigenvalue weighted by Gasteiger charge is 2.41. The molecule has 2 aliphatic rings. The Hall–Kier alpha value is -2.28. The molecular weight excluding hydrogens is 380 g/mol. The van der Waals surface area contributed by atoms with Gasteiger partial charge in [0.2, 0.25) is 0 Å². The Morgan fingerprint density at radius 2 is 1.97 bits per heavy atom. The predicted molar refractivity (Wildman–Crippen MR) is 118 cm³/mol. The van der Waals surface area contributed by atoms with E-state index in [0.717, 1.165) is 66.9 Å². The van der Waals surface area contributed by atoms with Gasteiger partial charge in [0.05, 0.1) is 17.1 Å². The average molecular weight is 407 g/mol. The largest absolute Gasteiger partial charge is 0.375 e. The van der Waals surface area contributed by atoms with Gasteiger partial charge in [-0.25, -0.2) is 9.97 Å². The van der Waals surface area contributed by atoms with E-state index in [0.29, 0.717) is 5.92 Å². The lowest BCUT2D eigenvalue weighted by atomic mass is 9.85. The van der Waals surface area contributed by atoms with E-state index < -0.39 is 0 Å². The summed E-state index contributed by atoms with van der Waals surface area (Å²) in [6.45, 7) is 3.00. The summed E-state index contributed by atoms with van der Waals surface area (Å²) in [6.07, 6.45) is 6.30. The third-order valence-electron chi connectivity index (χ3n) is 5.90. The van der Waals surface area contributed by atoms with Crippen molar-refractivity contribution in [1.29, 1.82) is 0 Å². The molecule has 6 heteroatoms. The lowest BCUT2D eigenvalue weighted by molar-refractivity contribution is -0.0196. The maximum absolute atomic E-state index is 6.25. The molecule has 0 saturated carbocycles. The minimum atomic E-state index is 0.112. The molecule has 2 saturated heterocycles. The molecule has 4 heterocycles. The van der Waals surface area contributed by atoms with Crippen molar-refractivity contribution in [2.75, 3.05) is 25.0 Å². The molecule has 150 valence electrons. The van der Waals surface area contributed by atoms with Crippen LogP contribution in [0, 0.1) is 5.92 Å². The van der Waals surface area contributed by atoms with Crippen molar-refractivity contribution < 1.29 is 4.74 Å². The zero-order chi connectivity index (χ0) is 19.5. The second-order valence-corrected chi connectivity index (χ2v) is 9.08. The summed E-state index contributed by atoms with van der Waals surface area (Å²) in [5.74, 6) is 1.41. The van der Waals surface area contributed by atoms with E-state index in [-0.39, 0.29) is 5.60 Å². The van der Waals surface area contributed by atoms with E-state index in [1.165, 1.54) is 5.56 Å². The van der Waals surface area contributed by atoms with Crippen LogP contribution in [-0.4, -0.2) is 35.3 Å². The minimum absolute atomic E-state index is 0.112. The molecule has 1 aromatic carbocycles. The molecule has 5 nitrogen and oxygen atoms in total. The molecule has 1 spiro atoms. The van der Waals surface area contributed by atoms with Gasteiger partial charge in [-0.3, -0.25) is 0 Å². The molecule has 0 aliphatic carbocycles. The summed E-state index contributed by atoms with van der Waals surface area (Å²) in [7, 11) is 0. The van der Waals surface area contributed by atoms with Crippen molar-refractivity contribution in [3.8, 4) is 10.4 Å². The van der Waals surface area contributed by atoms with Gasteiger partial charge in [0, 0.05) is 11.9 Å². The smallest absolute Gasteiger partial charge is 0.188 e. The first kappa shape index (κ1) is 18.7. The molecule has 0 amide bonds. The second kappa shape index (κ2) is 8.22. The fourth-order valence-electron chi connectivity index (χ4n) is 4.44. The van der Waals surface area contributed by atoms with E-state index in [9.17, 15) is 0 Å². The topological polar surface area (TPSA) is 59.1 Å². The zero-order valence-electron chi connectivity index (χ0n) is 16.4. The van der Waals surface area contributed by atoms with E-state index in [1.54, 1.807) is 11.3 Å². The summed E-state index contributed by atoms with van der Waals surface area (Å²) in [5.41, 5.74) is 2.42. The molecule has 0 unspecified atom stereocenters. The third kappa shape index (κ3) is 4.34. The number of ether oxygens (including phenoxy) is 1. The Balaban J connectivity index is 1.23. The maximum Gasteiger partial charge on any atom is 0.188 e. The molecular formula is C23H26N4OS. The first-order valence-electron chi connectivity index (χ1n) is 10.4. The molecule has 3 aromatic rings. The first-order chi connectivity index (χ1) is 14.3. The number of hydrogen-bond acceptors (Lipinski definition) is 6. The van der Waals surface area contributed by atoms with E-state index in [1.807, 2.05) is 30.5 Å². The van der Waals surface area contributed by atoms with Crippen molar-refractivity contribution in [3.05, 3.63) is 60.4 Å². The Bertz CT molecular complexity index is 952. The standard InChI is InChI=1S/C23H26N4OS/c1-2-5-18(6-3-1)20-15-25-22(29-20)27-21-8-4-7-19(26-21)13-17-14-23(28-16-17)9-11-24-12-10-23/h1-8,15,17,24H,9-14,16H2,(H,25,26,27)/t17-/m0/s1. The third-order valence-corrected chi connectivity index (χ3v) is 6.87. The van der Waals surface area contributed by atoms with Gasteiger partial charge in [0.1, 0.15) is 5.82 Å². The van der Waals surface area contributed by atoms with Crippen LogP contribution in [-0.2, 0) is 11.2 Å². The number of rotatable bonds is 5. The Morgan fingerprint density at radius 3 is 2.83 bits per heavy atom. The number of pyridine rings is 1. The Kier molecular flexibility index (Phi) is 5.31. The van der Waals surface area contributed by atoms with Crippen molar-refractivity contribution in [2.45, 2.75) is 31.3 Å². The Morgan fingerprint density at radius 1 is 1.10 bits per heavy atom. The van der Waals surface area contributed by atoms with Crippen molar-refractivity contribution in [3.63, 3.8) is 0 Å². The summed E-state index contributed by atoms with van der Waals surface area (Å²) in [4.78, 5) is 10.5. The molecule has 1 atom stereocenters. The lowest BCUT2D eigenvalue weighted by Gasteiger charge is -2.33. The highest BCUT2D eigenvalue weighted by molar-refractivity contribution is 7.18. The van der Waals surface area contributed by atoms with Crippen molar-refractivity contribution in [1.82, 2.24) is 15.3 Å². The number of nitrogens with one attached hydrogen (secondary N) is 2.